The predicted molar refractivity (Wildman–Crippen MR) is 60.9 cm³/mol. The minimum atomic E-state index is -1.43. The fourth-order valence-corrected chi connectivity index (χ4v) is 1.69. The van der Waals surface area contributed by atoms with E-state index in [4.69, 9.17) is 0 Å². The van der Waals surface area contributed by atoms with E-state index in [0.717, 1.165) is 6.07 Å². The molecule has 0 atom stereocenters. The summed E-state index contributed by atoms with van der Waals surface area (Å²) in [6, 6.07) is 7.69. The van der Waals surface area contributed by atoms with Crippen molar-refractivity contribution in [2.75, 3.05) is 0 Å². The molecular formula is C14H9F2O2-. The molecule has 0 aliphatic carbocycles. The molecule has 2 aromatic carbocycles. The number of aromatic carboxylic acids is 1. The Bertz CT molecular complexity index is 621. The summed E-state index contributed by atoms with van der Waals surface area (Å²) >= 11 is 0. The van der Waals surface area contributed by atoms with Gasteiger partial charge in [0.2, 0.25) is 0 Å². The SMILES string of the molecule is Cc1cc(-c2ccc(C(=O)[O-])cc2F)ccc1F. The maximum Gasteiger partial charge on any atom is 0.131 e. The number of carboxylic acids is 1. The third-order valence-electron chi connectivity index (χ3n) is 2.67. The molecule has 0 aromatic heterocycles. The Morgan fingerprint density at radius 3 is 2.33 bits per heavy atom. The summed E-state index contributed by atoms with van der Waals surface area (Å²) in [7, 11) is 0. The second-order valence-corrected chi connectivity index (χ2v) is 3.95. The number of carbonyl (C=O) groups excluding carboxylic acids is 1. The van der Waals surface area contributed by atoms with Crippen LogP contribution in [0, 0.1) is 18.6 Å². The molecule has 0 spiro atoms. The van der Waals surface area contributed by atoms with E-state index in [-0.39, 0.29) is 16.9 Å². The lowest BCUT2D eigenvalue weighted by molar-refractivity contribution is -0.255. The Morgan fingerprint density at radius 1 is 1.06 bits per heavy atom. The van der Waals surface area contributed by atoms with Gasteiger partial charge < -0.3 is 9.90 Å². The average Bonchev–Trinajstić information content (AvgIpc) is 2.32. The maximum absolute atomic E-state index is 13.7. The summed E-state index contributed by atoms with van der Waals surface area (Å²) in [5, 5.41) is 10.6. The van der Waals surface area contributed by atoms with Gasteiger partial charge >= 0.3 is 0 Å². The van der Waals surface area contributed by atoms with Gasteiger partial charge in [-0.05, 0) is 36.2 Å². The zero-order valence-electron chi connectivity index (χ0n) is 9.54. The number of hydrogen-bond donors (Lipinski definition) is 0. The van der Waals surface area contributed by atoms with Crippen molar-refractivity contribution >= 4 is 5.97 Å². The van der Waals surface area contributed by atoms with E-state index in [1.54, 1.807) is 6.92 Å². The first-order chi connectivity index (χ1) is 8.49. The molecule has 0 heterocycles. The minimum Gasteiger partial charge on any atom is -0.545 e. The van der Waals surface area contributed by atoms with Crippen LogP contribution in [0.3, 0.4) is 0 Å². The first-order valence-electron chi connectivity index (χ1n) is 5.26. The normalized spacial score (nSPS) is 10.4. The molecule has 0 aliphatic rings. The van der Waals surface area contributed by atoms with Gasteiger partial charge in [-0.1, -0.05) is 18.2 Å². The molecule has 0 fully saturated rings. The molecule has 0 radical (unpaired) electrons. The van der Waals surface area contributed by atoms with Gasteiger partial charge in [-0.25, -0.2) is 8.78 Å². The molecule has 4 heteroatoms. The van der Waals surface area contributed by atoms with Gasteiger partial charge in [-0.2, -0.15) is 0 Å². The van der Waals surface area contributed by atoms with Crippen LogP contribution in [-0.2, 0) is 0 Å². The Hall–Kier alpha value is -2.23. The lowest BCUT2D eigenvalue weighted by Gasteiger charge is -2.08. The van der Waals surface area contributed by atoms with Crippen molar-refractivity contribution in [3.05, 3.63) is 59.2 Å². The molecule has 0 amide bonds. The van der Waals surface area contributed by atoms with E-state index in [0.29, 0.717) is 11.1 Å². The van der Waals surface area contributed by atoms with Crippen molar-refractivity contribution in [3.8, 4) is 11.1 Å². The number of hydrogen-bond acceptors (Lipinski definition) is 2. The van der Waals surface area contributed by atoms with E-state index < -0.39 is 11.8 Å². The molecule has 92 valence electrons. The van der Waals surface area contributed by atoms with Crippen LogP contribution in [0.25, 0.3) is 11.1 Å². The first-order valence-corrected chi connectivity index (χ1v) is 5.26. The van der Waals surface area contributed by atoms with Crippen LogP contribution < -0.4 is 5.11 Å². The van der Waals surface area contributed by atoms with Crippen LogP contribution in [0.5, 0.6) is 0 Å². The summed E-state index contributed by atoms with van der Waals surface area (Å²) in [6.07, 6.45) is 0. The molecule has 2 nitrogen and oxygen atoms in total. The van der Waals surface area contributed by atoms with Crippen molar-refractivity contribution < 1.29 is 18.7 Å². The quantitative estimate of drug-likeness (QED) is 0.817. The summed E-state index contributed by atoms with van der Waals surface area (Å²) in [6.45, 7) is 1.58. The van der Waals surface area contributed by atoms with Crippen LogP contribution in [-0.4, -0.2) is 5.97 Å². The van der Waals surface area contributed by atoms with Crippen LogP contribution >= 0.6 is 0 Å². The third kappa shape index (κ3) is 2.22. The highest BCUT2D eigenvalue weighted by Crippen LogP contribution is 2.25. The zero-order chi connectivity index (χ0) is 13.3. The third-order valence-corrected chi connectivity index (χ3v) is 2.67. The van der Waals surface area contributed by atoms with E-state index >= 15 is 0 Å². The molecule has 0 aliphatic heterocycles. The molecule has 0 unspecified atom stereocenters. The van der Waals surface area contributed by atoms with E-state index in [2.05, 4.69) is 0 Å². The number of aryl methyl sites for hydroxylation is 1. The van der Waals surface area contributed by atoms with Crippen LogP contribution in [0.1, 0.15) is 15.9 Å². The lowest BCUT2D eigenvalue weighted by atomic mass is 10.0. The molecular weight excluding hydrogens is 238 g/mol. The first kappa shape index (κ1) is 12.2. The van der Waals surface area contributed by atoms with Crippen LogP contribution in [0.4, 0.5) is 8.78 Å². The standard InChI is InChI=1S/C14H10F2O2/c1-8-6-9(3-5-12(8)15)11-4-2-10(14(17)18)7-13(11)16/h2-7H,1H3,(H,17,18)/p-1. The van der Waals surface area contributed by atoms with Crippen molar-refractivity contribution in [2.45, 2.75) is 6.92 Å². The largest absolute Gasteiger partial charge is 0.545 e. The zero-order valence-corrected chi connectivity index (χ0v) is 9.54. The second-order valence-electron chi connectivity index (χ2n) is 3.95. The lowest BCUT2D eigenvalue weighted by Crippen LogP contribution is -2.22. The molecule has 2 rings (SSSR count). The molecule has 0 bridgehead atoms. The van der Waals surface area contributed by atoms with E-state index in [1.807, 2.05) is 0 Å². The number of halogens is 2. The van der Waals surface area contributed by atoms with E-state index in [9.17, 15) is 18.7 Å². The molecule has 2 aromatic rings. The second kappa shape index (κ2) is 4.56. The van der Waals surface area contributed by atoms with Gasteiger partial charge in [-0.15, -0.1) is 0 Å². The van der Waals surface area contributed by atoms with Crippen molar-refractivity contribution in [2.24, 2.45) is 0 Å². The van der Waals surface area contributed by atoms with Gasteiger partial charge in [-0.3, -0.25) is 0 Å². The molecule has 18 heavy (non-hydrogen) atoms. The highest BCUT2D eigenvalue weighted by Gasteiger charge is 2.08. The average molecular weight is 247 g/mol. The number of benzene rings is 2. The van der Waals surface area contributed by atoms with Crippen molar-refractivity contribution in [3.63, 3.8) is 0 Å². The van der Waals surface area contributed by atoms with Crippen LogP contribution in [0.2, 0.25) is 0 Å². The topological polar surface area (TPSA) is 40.1 Å². The molecule has 0 N–H and O–H groups in total. The highest BCUT2D eigenvalue weighted by atomic mass is 19.1. The minimum absolute atomic E-state index is 0.225. The summed E-state index contributed by atoms with van der Waals surface area (Å²) in [5.74, 6) is -2.48. The monoisotopic (exact) mass is 247 g/mol. The summed E-state index contributed by atoms with van der Waals surface area (Å²) in [4.78, 5) is 10.6. The van der Waals surface area contributed by atoms with Gasteiger partial charge in [0, 0.05) is 11.1 Å². The Kier molecular flexibility index (Phi) is 3.10. The van der Waals surface area contributed by atoms with Gasteiger partial charge in [0.15, 0.2) is 0 Å². The summed E-state index contributed by atoms with van der Waals surface area (Å²) < 4.78 is 26.8. The summed E-state index contributed by atoms with van der Waals surface area (Å²) in [5.41, 5.74) is 0.894. The Morgan fingerprint density at radius 2 is 1.78 bits per heavy atom. The number of carbonyl (C=O) groups is 1. The van der Waals surface area contributed by atoms with Gasteiger partial charge in [0.25, 0.3) is 0 Å². The molecule has 0 saturated heterocycles. The fourth-order valence-electron chi connectivity index (χ4n) is 1.69. The maximum atomic E-state index is 13.7. The van der Waals surface area contributed by atoms with E-state index in [1.165, 1.54) is 30.3 Å². The van der Waals surface area contributed by atoms with Crippen molar-refractivity contribution in [1.29, 1.82) is 0 Å². The predicted octanol–water partition coefficient (Wildman–Crippen LogP) is 2.30. The fraction of sp³-hybridized carbons (Fsp3) is 0.0714. The van der Waals surface area contributed by atoms with Gasteiger partial charge in [0.05, 0.1) is 5.97 Å². The molecule has 0 saturated carbocycles. The Balaban J connectivity index is 2.51. The Labute approximate surface area is 103 Å². The highest BCUT2D eigenvalue weighted by molar-refractivity contribution is 5.86. The number of carboxylic acid groups (broad SMARTS) is 1. The van der Waals surface area contributed by atoms with Crippen LogP contribution in [0.15, 0.2) is 36.4 Å². The smallest absolute Gasteiger partial charge is 0.131 e. The van der Waals surface area contributed by atoms with Gasteiger partial charge in [0.1, 0.15) is 11.6 Å². The van der Waals surface area contributed by atoms with Crippen molar-refractivity contribution in [1.82, 2.24) is 0 Å². The number of rotatable bonds is 2.